The quantitative estimate of drug-likeness (QED) is 0.497. The number of imidazole rings is 1. The molecule has 0 atom stereocenters. The Hall–Kier alpha value is -1.65. The summed E-state index contributed by atoms with van der Waals surface area (Å²) in [5.74, 6) is 0.433. The van der Waals surface area contributed by atoms with Gasteiger partial charge in [-0.3, -0.25) is 0 Å². The number of hydrogen-bond donors (Lipinski definition) is 2. The number of nitrogen functional groups attached to an aromatic ring is 1. The molecule has 50 valence electrons. The van der Waals surface area contributed by atoms with Crippen LogP contribution < -0.4 is 5.73 Å². The number of fused-ring (bicyclic) bond motifs is 1. The molecule has 2 aromatic heterocycles. The van der Waals surface area contributed by atoms with Gasteiger partial charge in [0.2, 0.25) is 0 Å². The van der Waals surface area contributed by atoms with Gasteiger partial charge in [-0.25, -0.2) is 15.0 Å². The molecule has 0 radical (unpaired) electrons. The summed E-state index contributed by atoms with van der Waals surface area (Å²) in [5, 5.41) is 0. The molecule has 0 saturated heterocycles. The normalized spacial score (nSPS) is 10.4. The van der Waals surface area contributed by atoms with Gasteiger partial charge in [-0.2, -0.15) is 0 Å². The molecular weight excluding hydrogens is 131 g/mol. The van der Waals surface area contributed by atoms with Crippen LogP contribution in [0, 0.1) is 0 Å². The molecule has 2 heterocycles. The molecule has 2 aromatic rings. The fraction of sp³-hybridized carbons (Fsp3) is 0. The third-order valence-corrected chi connectivity index (χ3v) is 1.25. The molecule has 5 nitrogen and oxygen atoms in total. The van der Waals surface area contributed by atoms with E-state index in [1.807, 2.05) is 0 Å². The molecule has 2 rings (SSSR count). The second-order valence-electron chi connectivity index (χ2n) is 1.86. The molecule has 0 amide bonds. The number of rotatable bonds is 0. The van der Waals surface area contributed by atoms with Crippen molar-refractivity contribution in [3.8, 4) is 0 Å². The fourth-order valence-electron chi connectivity index (χ4n) is 0.784. The molecule has 0 aliphatic rings. The van der Waals surface area contributed by atoms with Crippen molar-refractivity contribution in [3.05, 3.63) is 12.7 Å². The van der Waals surface area contributed by atoms with Crippen LogP contribution in [-0.4, -0.2) is 19.9 Å². The van der Waals surface area contributed by atoms with E-state index in [-0.39, 0.29) is 0 Å². The zero-order valence-electron chi connectivity index (χ0n) is 5.07. The standard InChI is InChI=1S/C5H5N5/c6-4-3-5(9-1-7-3)10-2-8-4/h1-2H,(H3,6,7,8,9,10)/i6+1. The Balaban J connectivity index is 2.95. The van der Waals surface area contributed by atoms with Crippen molar-refractivity contribution in [2.24, 2.45) is 0 Å². The third-order valence-electron chi connectivity index (χ3n) is 1.25. The van der Waals surface area contributed by atoms with Crippen molar-refractivity contribution in [2.75, 3.05) is 5.73 Å². The zero-order valence-corrected chi connectivity index (χ0v) is 5.07. The SMILES string of the molecule is [15NH2]c1ncnc2nc[nH]c12. The van der Waals surface area contributed by atoms with E-state index in [4.69, 9.17) is 5.73 Å². The zero-order chi connectivity index (χ0) is 6.97. The maximum Gasteiger partial charge on any atom is 0.182 e. The van der Waals surface area contributed by atoms with Gasteiger partial charge in [0.1, 0.15) is 11.8 Å². The first-order valence-corrected chi connectivity index (χ1v) is 2.77. The smallest absolute Gasteiger partial charge is 0.182 e. The van der Waals surface area contributed by atoms with Crippen LogP contribution in [0.2, 0.25) is 0 Å². The number of nitrogens with one attached hydrogen (secondary N) is 1. The van der Waals surface area contributed by atoms with E-state index >= 15 is 0 Å². The first-order chi connectivity index (χ1) is 4.88. The Labute approximate surface area is 56.3 Å². The van der Waals surface area contributed by atoms with E-state index in [2.05, 4.69) is 19.9 Å². The summed E-state index contributed by atoms with van der Waals surface area (Å²) in [7, 11) is 0. The van der Waals surface area contributed by atoms with Gasteiger partial charge in [-0.05, 0) is 0 Å². The van der Waals surface area contributed by atoms with Crippen LogP contribution in [0.15, 0.2) is 12.7 Å². The lowest BCUT2D eigenvalue weighted by atomic mass is 10.5. The lowest BCUT2D eigenvalue weighted by molar-refractivity contribution is 1.21. The minimum Gasteiger partial charge on any atom is -0.382 e. The Morgan fingerprint density at radius 2 is 2.20 bits per heavy atom. The topological polar surface area (TPSA) is 80.5 Å². The van der Waals surface area contributed by atoms with Crippen molar-refractivity contribution in [1.29, 1.82) is 0 Å². The molecule has 10 heavy (non-hydrogen) atoms. The maximum atomic E-state index is 5.48. The molecule has 0 spiro atoms. The van der Waals surface area contributed by atoms with Gasteiger partial charge >= 0.3 is 0 Å². The number of nitrogens with two attached hydrogens (primary N) is 1. The molecule has 0 aliphatic heterocycles. The van der Waals surface area contributed by atoms with Gasteiger partial charge in [0.15, 0.2) is 11.5 Å². The molecule has 5 heteroatoms. The van der Waals surface area contributed by atoms with Crippen LogP contribution in [0.3, 0.4) is 0 Å². The summed E-state index contributed by atoms with van der Waals surface area (Å²) in [6.07, 6.45) is 2.92. The van der Waals surface area contributed by atoms with Crippen LogP contribution in [0.1, 0.15) is 0 Å². The highest BCUT2D eigenvalue weighted by Crippen LogP contribution is 2.09. The van der Waals surface area contributed by atoms with Crippen molar-refractivity contribution in [3.63, 3.8) is 0 Å². The monoisotopic (exact) mass is 136 g/mol. The summed E-state index contributed by atoms with van der Waals surface area (Å²) in [6.45, 7) is 0. The largest absolute Gasteiger partial charge is 0.382 e. The number of H-pyrrole nitrogens is 1. The van der Waals surface area contributed by atoms with E-state index in [1.54, 1.807) is 0 Å². The highest BCUT2D eigenvalue weighted by molar-refractivity contribution is 5.80. The second kappa shape index (κ2) is 1.66. The van der Waals surface area contributed by atoms with Crippen LogP contribution >= 0.6 is 0 Å². The summed E-state index contributed by atoms with van der Waals surface area (Å²) in [6, 6.07) is 0. The first-order valence-electron chi connectivity index (χ1n) is 2.77. The average Bonchev–Trinajstić information content (AvgIpc) is 2.36. The minimum atomic E-state index is 0.433. The highest BCUT2D eigenvalue weighted by atomic mass is 15.4. The van der Waals surface area contributed by atoms with Gasteiger partial charge in [0.05, 0.1) is 6.33 Å². The molecule has 0 fully saturated rings. The second-order valence-corrected chi connectivity index (χ2v) is 1.86. The van der Waals surface area contributed by atoms with Crippen LogP contribution in [-0.2, 0) is 0 Å². The van der Waals surface area contributed by atoms with E-state index in [0.717, 1.165) is 0 Å². The van der Waals surface area contributed by atoms with Gasteiger partial charge in [0, 0.05) is 0 Å². The van der Waals surface area contributed by atoms with Gasteiger partial charge in [-0.1, -0.05) is 0 Å². The predicted octanol–water partition coefficient (Wildman–Crippen LogP) is -0.0649. The van der Waals surface area contributed by atoms with E-state index in [1.165, 1.54) is 12.7 Å². The predicted molar refractivity (Wildman–Crippen MR) is 36.1 cm³/mol. The Kier molecular flexibility index (Phi) is 0.858. The molecule has 0 bridgehead atoms. The highest BCUT2D eigenvalue weighted by Gasteiger charge is 1.99. The molecule has 0 saturated carbocycles. The van der Waals surface area contributed by atoms with E-state index in [0.29, 0.717) is 17.0 Å². The van der Waals surface area contributed by atoms with Crippen LogP contribution in [0.5, 0.6) is 0 Å². The summed E-state index contributed by atoms with van der Waals surface area (Å²) in [5.41, 5.74) is 6.78. The van der Waals surface area contributed by atoms with E-state index in [9.17, 15) is 0 Å². The van der Waals surface area contributed by atoms with Gasteiger partial charge in [0.25, 0.3) is 0 Å². The molecule has 0 aromatic carbocycles. The number of anilines is 1. The third kappa shape index (κ3) is 0.540. The van der Waals surface area contributed by atoms with Gasteiger partial charge < -0.3 is 10.7 Å². The van der Waals surface area contributed by atoms with Crippen molar-refractivity contribution >= 4 is 17.0 Å². The minimum absolute atomic E-state index is 0.433. The Morgan fingerprint density at radius 1 is 1.30 bits per heavy atom. The van der Waals surface area contributed by atoms with Crippen molar-refractivity contribution in [2.45, 2.75) is 0 Å². The average molecular weight is 136 g/mol. The number of hydrogen-bond acceptors (Lipinski definition) is 4. The Morgan fingerprint density at radius 3 is 3.00 bits per heavy atom. The number of nitrogens with zero attached hydrogens (tertiary/aromatic N) is 3. The van der Waals surface area contributed by atoms with Crippen LogP contribution in [0.25, 0.3) is 11.2 Å². The molecule has 0 unspecified atom stereocenters. The summed E-state index contributed by atoms with van der Waals surface area (Å²) >= 11 is 0. The fourth-order valence-corrected chi connectivity index (χ4v) is 0.784. The van der Waals surface area contributed by atoms with Crippen molar-refractivity contribution < 1.29 is 0 Å². The van der Waals surface area contributed by atoms with E-state index < -0.39 is 0 Å². The molecule has 0 aliphatic carbocycles. The number of aromatic amines is 1. The molecule has 3 N–H and O–H groups in total. The van der Waals surface area contributed by atoms with Crippen molar-refractivity contribution in [1.82, 2.24) is 19.9 Å². The number of aromatic nitrogens is 4. The lowest BCUT2D eigenvalue weighted by Crippen LogP contribution is -1.91. The maximum absolute atomic E-state index is 5.48. The summed E-state index contributed by atoms with van der Waals surface area (Å²) in [4.78, 5) is 14.4. The Bertz CT molecular complexity index is 352. The first kappa shape index (κ1) is 5.16. The van der Waals surface area contributed by atoms with Crippen LogP contribution in [0.4, 0.5) is 5.82 Å². The van der Waals surface area contributed by atoms with Gasteiger partial charge in [-0.15, -0.1) is 0 Å². The molecular formula is C5H5N5. The summed E-state index contributed by atoms with van der Waals surface area (Å²) < 4.78 is 0. The lowest BCUT2D eigenvalue weighted by Gasteiger charge is -1.89.